The molecule has 0 atom stereocenters. The van der Waals surface area contributed by atoms with Crippen molar-refractivity contribution in [2.45, 2.75) is 45.1 Å². The van der Waals surface area contributed by atoms with Crippen LogP contribution in [0.1, 0.15) is 39.0 Å². The van der Waals surface area contributed by atoms with Gasteiger partial charge in [0.05, 0.1) is 6.54 Å². The molecular formula is C18H34IN5O. The molecule has 0 radical (unpaired) electrons. The lowest BCUT2D eigenvalue weighted by Gasteiger charge is -2.36. The first kappa shape index (κ1) is 20.7. The van der Waals surface area contributed by atoms with Gasteiger partial charge in [0.2, 0.25) is 5.91 Å². The number of nitrogens with zero attached hydrogens (tertiary/aromatic N) is 4. The number of likely N-dealkylation sites (tertiary alicyclic amines) is 1. The topological polar surface area (TPSA) is 51.2 Å². The predicted octanol–water partition coefficient (Wildman–Crippen LogP) is 1.61. The van der Waals surface area contributed by atoms with E-state index in [1.54, 1.807) is 0 Å². The van der Waals surface area contributed by atoms with Crippen LogP contribution >= 0.6 is 24.0 Å². The van der Waals surface area contributed by atoms with Crippen molar-refractivity contribution in [3.8, 4) is 0 Å². The third kappa shape index (κ3) is 5.70. The summed E-state index contributed by atoms with van der Waals surface area (Å²) in [6.07, 6.45) is 6.21. The Bertz CT molecular complexity index is 460. The number of nitrogens with one attached hydrogen (secondary N) is 1. The minimum absolute atomic E-state index is 0. The van der Waals surface area contributed by atoms with E-state index in [4.69, 9.17) is 0 Å². The fourth-order valence-corrected chi connectivity index (χ4v) is 3.95. The van der Waals surface area contributed by atoms with Gasteiger partial charge in [-0.1, -0.05) is 6.92 Å². The fraction of sp³-hybridized carbons (Fsp3) is 0.889. The molecule has 25 heavy (non-hydrogen) atoms. The summed E-state index contributed by atoms with van der Waals surface area (Å²) in [5.74, 6) is 1.98. The predicted molar refractivity (Wildman–Crippen MR) is 113 cm³/mol. The van der Waals surface area contributed by atoms with Gasteiger partial charge in [-0.25, -0.2) is 0 Å². The number of aliphatic imine (C=N–C) groups is 1. The molecule has 6 nitrogen and oxygen atoms in total. The van der Waals surface area contributed by atoms with Gasteiger partial charge < -0.3 is 20.0 Å². The SMILES string of the molecule is CCN1CCC(CCNC(=NC)N2CCN(C3CC3)C(=O)C2)CC1.I. The standard InChI is InChI=1S/C18H33N5O.HI/c1-3-21-10-7-15(8-11-21)6-9-20-18(19-2)22-12-13-23(16-4-5-16)17(24)14-22;/h15-16H,3-14H2,1-2H3,(H,19,20);1H. The van der Waals surface area contributed by atoms with Crippen molar-refractivity contribution in [2.75, 3.05) is 52.9 Å². The number of hydrogen-bond acceptors (Lipinski definition) is 3. The van der Waals surface area contributed by atoms with Crippen LogP contribution in [0, 0.1) is 5.92 Å². The summed E-state index contributed by atoms with van der Waals surface area (Å²) < 4.78 is 0. The summed E-state index contributed by atoms with van der Waals surface area (Å²) in [6, 6.07) is 0.531. The Morgan fingerprint density at radius 2 is 1.88 bits per heavy atom. The summed E-state index contributed by atoms with van der Waals surface area (Å²) in [6.45, 7) is 9.09. The van der Waals surface area contributed by atoms with Gasteiger partial charge in [-0.05, 0) is 57.7 Å². The summed E-state index contributed by atoms with van der Waals surface area (Å²) in [4.78, 5) is 23.4. The van der Waals surface area contributed by atoms with E-state index in [0.717, 1.165) is 31.5 Å². The first-order valence-corrected chi connectivity index (χ1v) is 9.68. The lowest BCUT2D eigenvalue weighted by molar-refractivity contribution is -0.135. The van der Waals surface area contributed by atoms with Gasteiger partial charge in [-0.3, -0.25) is 9.79 Å². The molecule has 0 aromatic rings. The van der Waals surface area contributed by atoms with Crippen LogP contribution in [0.15, 0.2) is 4.99 Å². The van der Waals surface area contributed by atoms with Crippen LogP contribution < -0.4 is 5.32 Å². The van der Waals surface area contributed by atoms with E-state index >= 15 is 0 Å². The molecule has 0 bridgehead atoms. The molecule has 0 unspecified atom stereocenters. The number of halogens is 1. The van der Waals surface area contributed by atoms with Crippen LogP contribution in [-0.2, 0) is 4.79 Å². The Morgan fingerprint density at radius 1 is 1.16 bits per heavy atom. The first-order valence-electron chi connectivity index (χ1n) is 9.68. The number of carbonyl (C=O) groups excluding carboxylic acids is 1. The van der Waals surface area contributed by atoms with Gasteiger partial charge >= 0.3 is 0 Å². The molecule has 3 fully saturated rings. The molecule has 2 saturated heterocycles. The summed E-state index contributed by atoms with van der Waals surface area (Å²) in [7, 11) is 1.82. The Kier molecular flexibility index (Phi) is 8.25. The van der Waals surface area contributed by atoms with Crippen molar-refractivity contribution >= 4 is 35.8 Å². The zero-order chi connectivity index (χ0) is 16.9. The van der Waals surface area contributed by atoms with E-state index in [9.17, 15) is 4.79 Å². The molecule has 3 rings (SSSR count). The van der Waals surface area contributed by atoms with Crippen molar-refractivity contribution in [1.29, 1.82) is 0 Å². The summed E-state index contributed by atoms with van der Waals surface area (Å²) in [5.41, 5.74) is 0. The van der Waals surface area contributed by atoms with Crippen LogP contribution in [0.4, 0.5) is 0 Å². The zero-order valence-electron chi connectivity index (χ0n) is 15.7. The van der Waals surface area contributed by atoms with Gasteiger partial charge in [0.15, 0.2) is 5.96 Å². The highest BCUT2D eigenvalue weighted by Gasteiger charge is 2.36. The first-order chi connectivity index (χ1) is 11.7. The van der Waals surface area contributed by atoms with Crippen LogP contribution in [0.3, 0.4) is 0 Å². The Balaban J connectivity index is 0.00000225. The molecule has 0 aromatic carbocycles. The normalized spacial score (nSPS) is 23.6. The zero-order valence-corrected chi connectivity index (χ0v) is 18.1. The van der Waals surface area contributed by atoms with Crippen LogP contribution in [0.5, 0.6) is 0 Å². The average Bonchev–Trinajstić information content (AvgIpc) is 3.44. The second-order valence-corrected chi connectivity index (χ2v) is 7.38. The molecule has 1 aliphatic carbocycles. The van der Waals surface area contributed by atoms with Crippen molar-refractivity contribution in [2.24, 2.45) is 10.9 Å². The number of rotatable bonds is 5. The lowest BCUT2D eigenvalue weighted by Crippen LogP contribution is -2.55. The number of guanidine groups is 1. The number of piperidine rings is 1. The van der Waals surface area contributed by atoms with Crippen LogP contribution in [-0.4, -0.2) is 85.5 Å². The number of carbonyl (C=O) groups is 1. The monoisotopic (exact) mass is 463 g/mol. The van der Waals surface area contributed by atoms with Crippen LogP contribution in [0.25, 0.3) is 0 Å². The van der Waals surface area contributed by atoms with E-state index in [0.29, 0.717) is 12.6 Å². The van der Waals surface area contributed by atoms with Gasteiger partial charge in [-0.15, -0.1) is 24.0 Å². The van der Waals surface area contributed by atoms with Gasteiger partial charge in [-0.2, -0.15) is 0 Å². The van der Waals surface area contributed by atoms with Gasteiger partial charge in [0, 0.05) is 32.7 Å². The van der Waals surface area contributed by atoms with Crippen LogP contribution in [0.2, 0.25) is 0 Å². The Hall–Kier alpha value is -0.570. The van der Waals surface area contributed by atoms with Crippen molar-refractivity contribution in [1.82, 2.24) is 20.0 Å². The summed E-state index contributed by atoms with van der Waals surface area (Å²) in [5, 5.41) is 3.48. The fourth-order valence-electron chi connectivity index (χ4n) is 3.95. The maximum atomic E-state index is 12.3. The van der Waals surface area contributed by atoms with Crippen molar-refractivity contribution < 1.29 is 4.79 Å². The second-order valence-electron chi connectivity index (χ2n) is 7.38. The van der Waals surface area contributed by atoms with E-state index in [1.165, 1.54) is 51.7 Å². The van der Waals surface area contributed by atoms with E-state index in [-0.39, 0.29) is 29.9 Å². The molecule has 2 heterocycles. The maximum Gasteiger partial charge on any atom is 0.242 e. The highest BCUT2D eigenvalue weighted by Crippen LogP contribution is 2.28. The minimum atomic E-state index is 0. The molecule has 2 aliphatic heterocycles. The Morgan fingerprint density at radius 3 is 2.44 bits per heavy atom. The molecule has 0 aromatic heterocycles. The third-order valence-electron chi connectivity index (χ3n) is 5.75. The molecule has 3 aliphatic rings. The number of amides is 1. The Labute approximate surface area is 169 Å². The molecular weight excluding hydrogens is 429 g/mol. The highest BCUT2D eigenvalue weighted by molar-refractivity contribution is 14.0. The molecule has 0 spiro atoms. The maximum absolute atomic E-state index is 12.3. The van der Waals surface area contributed by atoms with E-state index in [2.05, 4.69) is 31.9 Å². The minimum Gasteiger partial charge on any atom is -0.356 e. The molecule has 7 heteroatoms. The number of hydrogen-bond donors (Lipinski definition) is 1. The lowest BCUT2D eigenvalue weighted by atomic mass is 9.93. The van der Waals surface area contributed by atoms with E-state index < -0.39 is 0 Å². The van der Waals surface area contributed by atoms with E-state index in [1.807, 2.05) is 7.05 Å². The molecule has 1 N–H and O–H groups in total. The van der Waals surface area contributed by atoms with Gasteiger partial charge in [0.25, 0.3) is 0 Å². The molecule has 1 amide bonds. The highest BCUT2D eigenvalue weighted by atomic mass is 127. The quantitative estimate of drug-likeness (QED) is 0.383. The third-order valence-corrected chi connectivity index (χ3v) is 5.75. The average molecular weight is 463 g/mol. The van der Waals surface area contributed by atoms with Crippen molar-refractivity contribution in [3.63, 3.8) is 0 Å². The molecule has 1 saturated carbocycles. The molecule has 144 valence electrons. The van der Waals surface area contributed by atoms with Crippen molar-refractivity contribution in [3.05, 3.63) is 0 Å². The van der Waals surface area contributed by atoms with Gasteiger partial charge in [0.1, 0.15) is 0 Å². The number of piperazine rings is 1. The smallest absolute Gasteiger partial charge is 0.242 e. The largest absolute Gasteiger partial charge is 0.356 e. The summed E-state index contributed by atoms with van der Waals surface area (Å²) >= 11 is 0. The second kappa shape index (κ2) is 9.94.